The molecule has 1 aliphatic rings. The number of benzene rings is 1. The predicted octanol–water partition coefficient (Wildman–Crippen LogP) is 0.688. The van der Waals surface area contributed by atoms with Crippen LogP contribution in [0, 0.1) is 0 Å². The number of aliphatic hydroxyl groups is 1. The summed E-state index contributed by atoms with van der Waals surface area (Å²) in [6.07, 6.45) is 0.192. The SMILES string of the molecule is Oc1ccc2c(c1)OCC(O)C2. The first-order valence-corrected chi connectivity index (χ1v) is 3.88. The van der Waals surface area contributed by atoms with Crippen LogP contribution in [0.5, 0.6) is 11.5 Å². The fraction of sp³-hybridized carbons (Fsp3) is 0.333. The first kappa shape index (κ1) is 7.43. The van der Waals surface area contributed by atoms with E-state index in [1.807, 2.05) is 0 Å². The summed E-state index contributed by atoms with van der Waals surface area (Å²) in [6, 6.07) is 4.94. The van der Waals surface area contributed by atoms with E-state index >= 15 is 0 Å². The van der Waals surface area contributed by atoms with Gasteiger partial charge in [-0.15, -0.1) is 0 Å². The van der Waals surface area contributed by atoms with Gasteiger partial charge in [-0.1, -0.05) is 6.07 Å². The number of fused-ring (bicyclic) bond motifs is 1. The highest BCUT2D eigenvalue weighted by molar-refractivity contribution is 5.41. The summed E-state index contributed by atoms with van der Waals surface area (Å²) < 4.78 is 5.21. The van der Waals surface area contributed by atoms with Gasteiger partial charge in [-0.25, -0.2) is 0 Å². The standard InChI is InChI=1S/C9H10O3/c10-7-2-1-6-3-8(11)5-12-9(6)4-7/h1-2,4,8,10-11H,3,5H2. The molecule has 0 amide bonds. The lowest BCUT2D eigenvalue weighted by Gasteiger charge is -2.21. The van der Waals surface area contributed by atoms with Crippen molar-refractivity contribution in [3.05, 3.63) is 23.8 Å². The van der Waals surface area contributed by atoms with Gasteiger partial charge in [0, 0.05) is 12.5 Å². The number of aliphatic hydroxyl groups excluding tert-OH is 1. The quantitative estimate of drug-likeness (QED) is 0.596. The second-order valence-corrected chi connectivity index (χ2v) is 2.96. The predicted molar refractivity (Wildman–Crippen MR) is 43.3 cm³/mol. The lowest BCUT2D eigenvalue weighted by molar-refractivity contribution is 0.0919. The molecule has 1 heterocycles. The van der Waals surface area contributed by atoms with Gasteiger partial charge < -0.3 is 14.9 Å². The van der Waals surface area contributed by atoms with Crippen molar-refractivity contribution in [2.45, 2.75) is 12.5 Å². The topological polar surface area (TPSA) is 49.7 Å². The van der Waals surface area contributed by atoms with Crippen LogP contribution in [-0.2, 0) is 6.42 Å². The number of hydrogen-bond donors (Lipinski definition) is 2. The van der Waals surface area contributed by atoms with Crippen LogP contribution in [0.2, 0.25) is 0 Å². The van der Waals surface area contributed by atoms with Crippen molar-refractivity contribution in [3.63, 3.8) is 0 Å². The summed E-state index contributed by atoms with van der Waals surface area (Å²) >= 11 is 0. The highest BCUT2D eigenvalue weighted by atomic mass is 16.5. The molecule has 0 saturated carbocycles. The minimum atomic E-state index is -0.415. The lowest BCUT2D eigenvalue weighted by atomic mass is 10.0. The van der Waals surface area contributed by atoms with Crippen molar-refractivity contribution >= 4 is 0 Å². The van der Waals surface area contributed by atoms with Gasteiger partial charge in [0.15, 0.2) is 0 Å². The third-order valence-corrected chi connectivity index (χ3v) is 1.94. The third-order valence-electron chi connectivity index (χ3n) is 1.94. The van der Waals surface area contributed by atoms with E-state index in [-0.39, 0.29) is 5.75 Å². The van der Waals surface area contributed by atoms with E-state index in [9.17, 15) is 5.11 Å². The smallest absolute Gasteiger partial charge is 0.126 e. The number of rotatable bonds is 0. The monoisotopic (exact) mass is 166 g/mol. The molecule has 0 fully saturated rings. The largest absolute Gasteiger partial charge is 0.508 e. The van der Waals surface area contributed by atoms with Gasteiger partial charge >= 0.3 is 0 Å². The summed E-state index contributed by atoms with van der Waals surface area (Å²) in [5.41, 5.74) is 0.951. The van der Waals surface area contributed by atoms with Crippen molar-refractivity contribution < 1.29 is 14.9 Å². The van der Waals surface area contributed by atoms with Crippen molar-refractivity contribution in [2.75, 3.05) is 6.61 Å². The van der Waals surface area contributed by atoms with E-state index in [1.165, 1.54) is 0 Å². The van der Waals surface area contributed by atoms with Gasteiger partial charge in [0.25, 0.3) is 0 Å². The molecule has 0 bridgehead atoms. The third kappa shape index (κ3) is 1.23. The Hall–Kier alpha value is -1.22. The fourth-order valence-corrected chi connectivity index (χ4v) is 1.34. The Kier molecular flexibility index (Phi) is 1.66. The molecule has 0 aromatic heterocycles. The molecular weight excluding hydrogens is 156 g/mol. The number of ether oxygens (including phenoxy) is 1. The van der Waals surface area contributed by atoms with Gasteiger partial charge in [-0.2, -0.15) is 0 Å². The molecule has 12 heavy (non-hydrogen) atoms. The first-order valence-electron chi connectivity index (χ1n) is 3.88. The van der Waals surface area contributed by atoms with Crippen molar-refractivity contribution in [1.82, 2.24) is 0 Å². The average Bonchev–Trinajstić information content (AvgIpc) is 2.05. The number of phenolic OH excluding ortho intramolecular Hbond substituents is 1. The van der Waals surface area contributed by atoms with Crippen LogP contribution in [0.1, 0.15) is 5.56 Å². The summed E-state index contributed by atoms with van der Waals surface area (Å²) in [7, 11) is 0. The van der Waals surface area contributed by atoms with Crippen molar-refractivity contribution in [2.24, 2.45) is 0 Å². The van der Waals surface area contributed by atoms with E-state index in [2.05, 4.69) is 0 Å². The summed E-state index contributed by atoms with van der Waals surface area (Å²) in [6.45, 7) is 0.316. The maximum atomic E-state index is 9.24. The Morgan fingerprint density at radius 3 is 3.08 bits per heavy atom. The van der Waals surface area contributed by atoms with Crippen molar-refractivity contribution in [3.8, 4) is 11.5 Å². The number of phenols is 1. The van der Waals surface area contributed by atoms with Gasteiger partial charge in [0.05, 0.1) is 6.10 Å². The molecule has 2 N–H and O–H groups in total. The fourth-order valence-electron chi connectivity index (χ4n) is 1.34. The summed E-state index contributed by atoms with van der Waals surface area (Å²) in [5.74, 6) is 0.880. The van der Waals surface area contributed by atoms with Gasteiger partial charge in [0.1, 0.15) is 18.1 Å². The minimum Gasteiger partial charge on any atom is -0.508 e. The van der Waals surface area contributed by atoms with Crippen LogP contribution in [-0.4, -0.2) is 22.9 Å². The highest BCUT2D eigenvalue weighted by Crippen LogP contribution is 2.28. The van der Waals surface area contributed by atoms with E-state index in [0.717, 1.165) is 5.56 Å². The number of hydrogen-bond acceptors (Lipinski definition) is 3. The van der Waals surface area contributed by atoms with Crippen LogP contribution in [0.15, 0.2) is 18.2 Å². The molecule has 1 aromatic carbocycles. The molecule has 0 radical (unpaired) electrons. The normalized spacial score (nSPS) is 21.2. The van der Waals surface area contributed by atoms with Crippen molar-refractivity contribution in [1.29, 1.82) is 0 Å². The Morgan fingerprint density at radius 2 is 2.25 bits per heavy atom. The first-order chi connectivity index (χ1) is 5.75. The van der Waals surface area contributed by atoms with Crippen LogP contribution in [0.3, 0.4) is 0 Å². The molecule has 1 aromatic rings. The van der Waals surface area contributed by atoms with Crippen LogP contribution in [0.25, 0.3) is 0 Å². The lowest BCUT2D eigenvalue weighted by Crippen LogP contribution is -2.25. The molecule has 64 valence electrons. The molecule has 0 aliphatic carbocycles. The van der Waals surface area contributed by atoms with Crippen LogP contribution in [0.4, 0.5) is 0 Å². The van der Waals surface area contributed by atoms with E-state index in [4.69, 9.17) is 9.84 Å². The zero-order valence-electron chi connectivity index (χ0n) is 6.53. The Morgan fingerprint density at radius 1 is 1.42 bits per heavy atom. The van der Waals surface area contributed by atoms with E-state index in [0.29, 0.717) is 18.8 Å². The molecule has 1 atom stereocenters. The Balaban J connectivity index is 2.37. The van der Waals surface area contributed by atoms with Gasteiger partial charge in [-0.05, 0) is 11.6 Å². The second kappa shape index (κ2) is 2.68. The van der Waals surface area contributed by atoms with Crippen LogP contribution >= 0.6 is 0 Å². The highest BCUT2D eigenvalue weighted by Gasteiger charge is 2.17. The second-order valence-electron chi connectivity index (χ2n) is 2.96. The molecule has 0 spiro atoms. The molecule has 0 saturated heterocycles. The zero-order valence-corrected chi connectivity index (χ0v) is 6.53. The molecule has 1 unspecified atom stereocenters. The molecule has 3 nitrogen and oxygen atoms in total. The van der Waals surface area contributed by atoms with E-state index < -0.39 is 6.10 Å². The molecule has 1 aliphatic heterocycles. The zero-order chi connectivity index (χ0) is 8.55. The van der Waals surface area contributed by atoms with Gasteiger partial charge in [0.2, 0.25) is 0 Å². The maximum Gasteiger partial charge on any atom is 0.126 e. The summed E-state index contributed by atoms with van der Waals surface area (Å²) in [5, 5.41) is 18.3. The van der Waals surface area contributed by atoms with Gasteiger partial charge in [-0.3, -0.25) is 0 Å². The number of aromatic hydroxyl groups is 1. The summed E-state index contributed by atoms with van der Waals surface area (Å²) in [4.78, 5) is 0. The molecule has 2 rings (SSSR count). The Bertz CT molecular complexity index is 296. The van der Waals surface area contributed by atoms with Crippen LogP contribution < -0.4 is 4.74 Å². The molecule has 3 heteroatoms. The Labute approximate surface area is 70.2 Å². The minimum absolute atomic E-state index is 0.199. The maximum absolute atomic E-state index is 9.24. The van der Waals surface area contributed by atoms with E-state index in [1.54, 1.807) is 18.2 Å². The average molecular weight is 166 g/mol. The molecular formula is C9H10O3.